The average molecular weight is 350 g/mol. The first-order valence-corrected chi connectivity index (χ1v) is 8.08. The third-order valence-corrected chi connectivity index (χ3v) is 4.25. The minimum atomic E-state index is -4.42. The van der Waals surface area contributed by atoms with Crippen LogP contribution >= 0.6 is 0 Å². The zero-order valence-corrected chi connectivity index (χ0v) is 13.5. The van der Waals surface area contributed by atoms with E-state index in [1.165, 1.54) is 12.1 Å². The van der Waals surface area contributed by atoms with E-state index in [2.05, 4.69) is 4.98 Å². The van der Waals surface area contributed by atoms with Crippen LogP contribution in [0.2, 0.25) is 0 Å². The van der Waals surface area contributed by atoms with Gasteiger partial charge in [0.1, 0.15) is 5.82 Å². The first-order chi connectivity index (χ1) is 11.9. The van der Waals surface area contributed by atoms with Gasteiger partial charge in [-0.25, -0.2) is 4.39 Å². The predicted molar refractivity (Wildman–Crippen MR) is 90.7 cm³/mol. The summed E-state index contributed by atoms with van der Waals surface area (Å²) in [5, 5.41) is 0.699. The Hall–Kier alpha value is -2.34. The lowest BCUT2D eigenvalue weighted by atomic mass is 9.99. The van der Waals surface area contributed by atoms with E-state index in [9.17, 15) is 17.6 Å². The van der Waals surface area contributed by atoms with Crippen LogP contribution in [0, 0.1) is 5.82 Å². The van der Waals surface area contributed by atoms with Gasteiger partial charge in [-0.3, -0.25) is 0 Å². The van der Waals surface area contributed by atoms with Crippen LogP contribution in [0.3, 0.4) is 0 Å². The van der Waals surface area contributed by atoms with Gasteiger partial charge < -0.3 is 10.7 Å². The fourth-order valence-corrected chi connectivity index (χ4v) is 3.04. The van der Waals surface area contributed by atoms with Crippen LogP contribution in [-0.2, 0) is 12.6 Å². The van der Waals surface area contributed by atoms with Crippen LogP contribution in [0.25, 0.3) is 22.2 Å². The Bertz CT molecular complexity index is 881. The summed E-state index contributed by atoms with van der Waals surface area (Å²) in [6.07, 6.45) is -2.23. The molecule has 0 saturated heterocycles. The maximum Gasteiger partial charge on any atom is 0.416 e. The molecule has 0 radical (unpaired) electrons. The number of unbranched alkanes of at least 4 members (excludes halogenated alkanes) is 1. The molecule has 1 heterocycles. The van der Waals surface area contributed by atoms with Crippen molar-refractivity contribution in [1.29, 1.82) is 0 Å². The standard InChI is InChI=1S/C19H18F4N2/c20-16-9-4-8-15-14(7-1-2-10-24)17(25-18(15)16)12-5-3-6-13(11-12)19(21,22)23/h3-6,8-9,11,25H,1-2,7,10,24H2. The highest BCUT2D eigenvalue weighted by atomic mass is 19.4. The first kappa shape index (κ1) is 17.5. The summed E-state index contributed by atoms with van der Waals surface area (Å²) in [6, 6.07) is 9.81. The monoisotopic (exact) mass is 350 g/mol. The molecule has 0 saturated carbocycles. The molecule has 0 aliphatic carbocycles. The lowest BCUT2D eigenvalue weighted by molar-refractivity contribution is -0.137. The van der Waals surface area contributed by atoms with Gasteiger partial charge >= 0.3 is 6.18 Å². The third-order valence-electron chi connectivity index (χ3n) is 4.25. The Labute approximate surface area is 142 Å². The van der Waals surface area contributed by atoms with Crippen LogP contribution < -0.4 is 5.73 Å². The third kappa shape index (κ3) is 3.54. The minimum absolute atomic E-state index is 0.317. The van der Waals surface area contributed by atoms with E-state index in [0.717, 1.165) is 30.5 Å². The number of benzene rings is 2. The molecule has 0 atom stereocenters. The zero-order chi connectivity index (χ0) is 18.0. The lowest BCUT2D eigenvalue weighted by Crippen LogP contribution is -2.04. The summed E-state index contributed by atoms with van der Waals surface area (Å²) in [5.41, 5.74) is 6.87. The van der Waals surface area contributed by atoms with Crippen molar-refractivity contribution < 1.29 is 17.6 Å². The van der Waals surface area contributed by atoms with Gasteiger partial charge in [0.2, 0.25) is 0 Å². The van der Waals surface area contributed by atoms with Gasteiger partial charge in [-0.15, -0.1) is 0 Å². The van der Waals surface area contributed by atoms with E-state index in [1.807, 2.05) is 0 Å². The smallest absolute Gasteiger partial charge is 0.352 e. The number of aromatic nitrogens is 1. The Balaban J connectivity index is 2.14. The number of aromatic amines is 1. The van der Waals surface area contributed by atoms with Gasteiger partial charge in [0.05, 0.1) is 11.1 Å². The van der Waals surface area contributed by atoms with Crippen molar-refractivity contribution in [2.45, 2.75) is 25.4 Å². The Morgan fingerprint density at radius 2 is 1.76 bits per heavy atom. The summed E-state index contributed by atoms with van der Waals surface area (Å²) in [5.74, 6) is -0.421. The number of para-hydroxylation sites is 1. The van der Waals surface area contributed by atoms with E-state index < -0.39 is 17.6 Å². The van der Waals surface area contributed by atoms with Gasteiger partial charge in [0, 0.05) is 11.1 Å². The number of nitrogens with one attached hydrogen (secondary N) is 1. The predicted octanol–water partition coefficient (Wildman–Crippen LogP) is 5.27. The number of rotatable bonds is 5. The van der Waals surface area contributed by atoms with Crippen molar-refractivity contribution in [3.8, 4) is 11.3 Å². The molecule has 0 fully saturated rings. The number of hydrogen-bond acceptors (Lipinski definition) is 1. The van der Waals surface area contributed by atoms with E-state index in [1.54, 1.807) is 18.2 Å². The first-order valence-electron chi connectivity index (χ1n) is 8.08. The second kappa shape index (κ2) is 6.88. The second-order valence-electron chi connectivity index (χ2n) is 5.97. The van der Waals surface area contributed by atoms with Gasteiger partial charge in [-0.05, 0) is 55.1 Å². The second-order valence-corrected chi connectivity index (χ2v) is 5.97. The van der Waals surface area contributed by atoms with Crippen LogP contribution in [0.1, 0.15) is 24.0 Å². The molecule has 3 rings (SSSR count). The topological polar surface area (TPSA) is 41.8 Å². The molecule has 0 bridgehead atoms. The van der Waals surface area contributed by atoms with E-state index in [-0.39, 0.29) is 0 Å². The molecular weight excluding hydrogens is 332 g/mol. The lowest BCUT2D eigenvalue weighted by Gasteiger charge is -2.10. The van der Waals surface area contributed by atoms with Gasteiger partial charge in [0.25, 0.3) is 0 Å². The van der Waals surface area contributed by atoms with Gasteiger partial charge in [-0.1, -0.05) is 24.3 Å². The van der Waals surface area contributed by atoms with Gasteiger partial charge in [0.15, 0.2) is 0 Å². The van der Waals surface area contributed by atoms with Crippen molar-refractivity contribution >= 4 is 10.9 Å². The molecule has 3 aromatic rings. The van der Waals surface area contributed by atoms with Crippen molar-refractivity contribution in [2.75, 3.05) is 6.54 Å². The van der Waals surface area contributed by atoms with Crippen molar-refractivity contribution in [1.82, 2.24) is 4.98 Å². The molecule has 0 amide bonds. The summed E-state index contributed by atoms with van der Waals surface area (Å²) in [6.45, 7) is 0.537. The SMILES string of the molecule is NCCCCc1c(-c2cccc(C(F)(F)F)c2)[nH]c2c(F)cccc12. The van der Waals surface area contributed by atoms with Crippen LogP contribution in [0.4, 0.5) is 17.6 Å². The number of hydrogen-bond donors (Lipinski definition) is 2. The maximum absolute atomic E-state index is 14.1. The van der Waals surface area contributed by atoms with E-state index >= 15 is 0 Å². The maximum atomic E-state index is 14.1. The van der Waals surface area contributed by atoms with Gasteiger partial charge in [-0.2, -0.15) is 13.2 Å². The molecule has 6 heteroatoms. The minimum Gasteiger partial charge on any atom is -0.352 e. The quantitative estimate of drug-likeness (QED) is 0.477. The number of aryl methyl sites for hydroxylation is 1. The molecular formula is C19H18F4N2. The molecule has 3 N–H and O–H groups in total. The molecule has 2 nitrogen and oxygen atoms in total. The fourth-order valence-electron chi connectivity index (χ4n) is 3.04. The van der Waals surface area contributed by atoms with E-state index in [0.29, 0.717) is 35.1 Å². The Morgan fingerprint density at radius 1 is 1.00 bits per heavy atom. The average Bonchev–Trinajstić information content (AvgIpc) is 2.95. The van der Waals surface area contributed by atoms with E-state index in [4.69, 9.17) is 5.73 Å². The number of fused-ring (bicyclic) bond motifs is 1. The summed E-state index contributed by atoms with van der Waals surface area (Å²) >= 11 is 0. The fraction of sp³-hybridized carbons (Fsp3) is 0.263. The molecule has 0 aliphatic heterocycles. The van der Waals surface area contributed by atoms with Crippen molar-refractivity contribution in [3.05, 3.63) is 59.4 Å². The summed E-state index contributed by atoms with van der Waals surface area (Å²) < 4.78 is 53.2. The Morgan fingerprint density at radius 3 is 2.48 bits per heavy atom. The largest absolute Gasteiger partial charge is 0.416 e. The number of alkyl halides is 3. The molecule has 132 valence electrons. The van der Waals surface area contributed by atoms with Crippen LogP contribution in [0.5, 0.6) is 0 Å². The van der Waals surface area contributed by atoms with Crippen molar-refractivity contribution in [2.24, 2.45) is 5.73 Å². The van der Waals surface area contributed by atoms with Crippen molar-refractivity contribution in [3.63, 3.8) is 0 Å². The summed E-state index contributed by atoms with van der Waals surface area (Å²) in [7, 11) is 0. The normalized spacial score (nSPS) is 12.0. The zero-order valence-electron chi connectivity index (χ0n) is 13.5. The molecule has 0 unspecified atom stereocenters. The molecule has 0 aliphatic rings. The molecule has 0 spiro atoms. The molecule has 25 heavy (non-hydrogen) atoms. The molecule has 2 aromatic carbocycles. The summed E-state index contributed by atoms with van der Waals surface area (Å²) in [4.78, 5) is 2.98. The molecule has 1 aromatic heterocycles. The highest BCUT2D eigenvalue weighted by Gasteiger charge is 2.30. The highest BCUT2D eigenvalue weighted by molar-refractivity contribution is 5.91. The number of H-pyrrole nitrogens is 1. The highest BCUT2D eigenvalue weighted by Crippen LogP contribution is 2.36. The van der Waals surface area contributed by atoms with Crippen LogP contribution in [-0.4, -0.2) is 11.5 Å². The number of halogens is 4. The Kier molecular flexibility index (Phi) is 4.81. The van der Waals surface area contributed by atoms with Crippen LogP contribution in [0.15, 0.2) is 42.5 Å². The number of nitrogens with two attached hydrogens (primary N) is 1.